The van der Waals surface area contributed by atoms with Crippen LogP contribution in [0.4, 0.5) is 11.5 Å². The smallest absolute Gasteiger partial charge is 0.139 e. The van der Waals surface area contributed by atoms with Gasteiger partial charge in [0.1, 0.15) is 11.5 Å². The van der Waals surface area contributed by atoms with Crippen molar-refractivity contribution in [3.63, 3.8) is 0 Å². The summed E-state index contributed by atoms with van der Waals surface area (Å²) in [5, 5.41) is 3.74. The van der Waals surface area contributed by atoms with Crippen LogP contribution in [0.3, 0.4) is 0 Å². The van der Waals surface area contributed by atoms with E-state index in [2.05, 4.69) is 105 Å². The van der Waals surface area contributed by atoms with E-state index in [1.165, 1.54) is 27.9 Å². The van der Waals surface area contributed by atoms with Gasteiger partial charge in [0, 0.05) is 17.3 Å². The first kappa shape index (κ1) is 18.3. The molecule has 0 aliphatic carbocycles. The summed E-state index contributed by atoms with van der Waals surface area (Å²) in [4.78, 5) is 5.07. The molecule has 0 bridgehead atoms. The third-order valence-electron chi connectivity index (χ3n) is 5.51. The standard InChI is InChI=1S/C25H27N3/c1-16-14-19(4)28-22(15-16)26-24(20(5)21-12-7-6-8-13-21)25(28)27-23-17(2)10-9-11-18(23)3/h6-15,20,27H,1-5H3/t20-/m1/s1. The van der Waals surface area contributed by atoms with Crippen molar-refractivity contribution in [2.45, 2.75) is 40.5 Å². The second kappa shape index (κ2) is 7.16. The van der Waals surface area contributed by atoms with E-state index in [1.54, 1.807) is 0 Å². The normalized spacial score (nSPS) is 12.3. The van der Waals surface area contributed by atoms with E-state index in [-0.39, 0.29) is 5.92 Å². The van der Waals surface area contributed by atoms with Crippen LogP contribution >= 0.6 is 0 Å². The third kappa shape index (κ3) is 3.18. The fraction of sp³-hybridized carbons (Fsp3) is 0.240. The largest absolute Gasteiger partial charge is 0.339 e. The predicted molar refractivity (Wildman–Crippen MR) is 118 cm³/mol. The molecule has 28 heavy (non-hydrogen) atoms. The summed E-state index contributed by atoms with van der Waals surface area (Å²) >= 11 is 0. The van der Waals surface area contributed by atoms with Gasteiger partial charge in [0.05, 0.1) is 5.69 Å². The Labute approximate surface area is 167 Å². The van der Waals surface area contributed by atoms with Gasteiger partial charge < -0.3 is 5.32 Å². The number of nitrogens with one attached hydrogen (secondary N) is 1. The molecule has 2 aromatic carbocycles. The number of hydrogen-bond donors (Lipinski definition) is 1. The minimum Gasteiger partial charge on any atom is -0.339 e. The first-order valence-corrected chi connectivity index (χ1v) is 9.83. The lowest BCUT2D eigenvalue weighted by Crippen LogP contribution is -2.06. The summed E-state index contributed by atoms with van der Waals surface area (Å²) < 4.78 is 2.24. The summed E-state index contributed by atoms with van der Waals surface area (Å²) in [6.45, 7) is 10.8. The molecule has 0 saturated heterocycles. The molecule has 0 saturated carbocycles. The summed E-state index contributed by atoms with van der Waals surface area (Å²) in [5.41, 5.74) is 9.37. The van der Waals surface area contributed by atoms with E-state index < -0.39 is 0 Å². The Morgan fingerprint density at radius 1 is 0.857 bits per heavy atom. The molecule has 1 atom stereocenters. The molecule has 0 aliphatic heterocycles. The highest BCUT2D eigenvalue weighted by atomic mass is 15.1. The minimum absolute atomic E-state index is 0.188. The van der Waals surface area contributed by atoms with Crippen molar-refractivity contribution in [1.29, 1.82) is 0 Å². The molecule has 0 amide bonds. The molecule has 0 aliphatic rings. The lowest BCUT2D eigenvalue weighted by Gasteiger charge is -2.17. The van der Waals surface area contributed by atoms with Gasteiger partial charge in [0.2, 0.25) is 0 Å². The number of rotatable bonds is 4. The fourth-order valence-corrected chi connectivity index (χ4v) is 4.00. The molecule has 0 unspecified atom stereocenters. The monoisotopic (exact) mass is 369 g/mol. The van der Waals surface area contributed by atoms with E-state index >= 15 is 0 Å². The lowest BCUT2D eigenvalue weighted by molar-refractivity contribution is 0.887. The number of benzene rings is 2. The van der Waals surface area contributed by atoms with Gasteiger partial charge in [-0.1, -0.05) is 55.5 Å². The molecule has 0 radical (unpaired) electrons. The van der Waals surface area contributed by atoms with Gasteiger partial charge in [-0.3, -0.25) is 4.40 Å². The molecular weight excluding hydrogens is 342 g/mol. The van der Waals surface area contributed by atoms with Crippen LogP contribution < -0.4 is 5.32 Å². The molecule has 3 nitrogen and oxygen atoms in total. The highest BCUT2D eigenvalue weighted by Crippen LogP contribution is 2.35. The zero-order valence-corrected chi connectivity index (χ0v) is 17.2. The molecule has 4 rings (SSSR count). The number of nitrogens with zero attached hydrogens (tertiary/aromatic N) is 2. The van der Waals surface area contributed by atoms with Gasteiger partial charge in [-0.25, -0.2) is 4.98 Å². The number of aryl methyl sites for hydroxylation is 4. The zero-order chi connectivity index (χ0) is 19.8. The van der Waals surface area contributed by atoms with Crippen molar-refractivity contribution < 1.29 is 0 Å². The third-order valence-corrected chi connectivity index (χ3v) is 5.51. The summed E-state index contributed by atoms with van der Waals surface area (Å²) in [6.07, 6.45) is 0. The molecule has 0 fully saturated rings. The van der Waals surface area contributed by atoms with E-state index in [4.69, 9.17) is 4.98 Å². The number of imidazole rings is 1. The van der Waals surface area contributed by atoms with Crippen molar-refractivity contribution in [3.05, 3.63) is 94.3 Å². The number of pyridine rings is 1. The maximum Gasteiger partial charge on any atom is 0.139 e. The first-order chi connectivity index (χ1) is 13.5. The van der Waals surface area contributed by atoms with Crippen LogP contribution in [0.25, 0.3) is 5.65 Å². The average molecular weight is 370 g/mol. The van der Waals surface area contributed by atoms with Crippen molar-refractivity contribution >= 4 is 17.2 Å². The number of para-hydroxylation sites is 1. The summed E-state index contributed by atoms with van der Waals surface area (Å²) in [7, 11) is 0. The highest BCUT2D eigenvalue weighted by molar-refractivity contribution is 5.70. The Morgan fingerprint density at radius 2 is 1.54 bits per heavy atom. The fourth-order valence-electron chi connectivity index (χ4n) is 4.00. The molecule has 142 valence electrons. The first-order valence-electron chi connectivity index (χ1n) is 9.83. The van der Waals surface area contributed by atoms with Gasteiger partial charge in [0.15, 0.2) is 0 Å². The zero-order valence-electron chi connectivity index (χ0n) is 17.2. The quantitative estimate of drug-likeness (QED) is 0.447. The highest BCUT2D eigenvalue weighted by Gasteiger charge is 2.21. The summed E-state index contributed by atoms with van der Waals surface area (Å²) in [6, 6.07) is 21.4. The van der Waals surface area contributed by atoms with Crippen LogP contribution in [0, 0.1) is 27.7 Å². The Hall–Kier alpha value is -3.07. The van der Waals surface area contributed by atoms with E-state index in [0.717, 1.165) is 22.8 Å². The second-order valence-corrected chi connectivity index (χ2v) is 7.74. The molecule has 2 heterocycles. The van der Waals surface area contributed by atoms with Gasteiger partial charge in [-0.15, -0.1) is 0 Å². The van der Waals surface area contributed by atoms with Crippen LogP contribution in [0.1, 0.15) is 46.5 Å². The molecular formula is C25H27N3. The van der Waals surface area contributed by atoms with E-state index in [1.807, 2.05) is 0 Å². The Balaban J connectivity index is 1.94. The average Bonchev–Trinajstić information content (AvgIpc) is 3.03. The molecule has 0 spiro atoms. The predicted octanol–water partition coefficient (Wildman–Crippen LogP) is 6.46. The number of anilines is 2. The molecule has 4 aromatic rings. The molecule has 3 heteroatoms. The van der Waals surface area contributed by atoms with Gasteiger partial charge >= 0.3 is 0 Å². The Kier molecular flexibility index (Phi) is 4.68. The van der Waals surface area contributed by atoms with Crippen molar-refractivity contribution in [3.8, 4) is 0 Å². The van der Waals surface area contributed by atoms with Gasteiger partial charge in [0.25, 0.3) is 0 Å². The topological polar surface area (TPSA) is 29.3 Å². The Bertz CT molecular complexity index is 1120. The number of fused-ring (bicyclic) bond motifs is 1. The van der Waals surface area contributed by atoms with Crippen molar-refractivity contribution in [2.24, 2.45) is 0 Å². The molecule has 1 N–H and O–H groups in total. The van der Waals surface area contributed by atoms with Crippen LogP contribution in [-0.4, -0.2) is 9.38 Å². The van der Waals surface area contributed by atoms with E-state index in [9.17, 15) is 0 Å². The summed E-state index contributed by atoms with van der Waals surface area (Å²) in [5.74, 6) is 1.24. The number of hydrogen-bond acceptors (Lipinski definition) is 2. The SMILES string of the molecule is Cc1cc(C)n2c(Nc3c(C)cccc3C)c([C@H](C)c3ccccc3)nc2c1. The van der Waals surface area contributed by atoms with Crippen LogP contribution in [-0.2, 0) is 0 Å². The van der Waals surface area contributed by atoms with Gasteiger partial charge in [-0.2, -0.15) is 0 Å². The Morgan fingerprint density at radius 3 is 2.21 bits per heavy atom. The second-order valence-electron chi connectivity index (χ2n) is 7.74. The minimum atomic E-state index is 0.188. The maximum absolute atomic E-state index is 5.07. The van der Waals surface area contributed by atoms with Crippen LogP contribution in [0.2, 0.25) is 0 Å². The van der Waals surface area contributed by atoms with Crippen LogP contribution in [0.5, 0.6) is 0 Å². The van der Waals surface area contributed by atoms with Gasteiger partial charge in [-0.05, 0) is 62.1 Å². The molecule has 2 aromatic heterocycles. The van der Waals surface area contributed by atoms with E-state index in [0.29, 0.717) is 0 Å². The van der Waals surface area contributed by atoms with Crippen LogP contribution in [0.15, 0.2) is 60.7 Å². The maximum atomic E-state index is 5.07. The lowest BCUT2D eigenvalue weighted by atomic mass is 9.97. The van der Waals surface area contributed by atoms with Crippen molar-refractivity contribution in [2.75, 3.05) is 5.32 Å². The number of aromatic nitrogens is 2. The van der Waals surface area contributed by atoms with Crippen molar-refractivity contribution in [1.82, 2.24) is 9.38 Å².